The Morgan fingerprint density at radius 2 is 1.68 bits per heavy atom. The molecule has 2 nitrogen and oxygen atoms in total. The predicted molar refractivity (Wildman–Crippen MR) is 96.2 cm³/mol. The van der Waals surface area contributed by atoms with Crippen LogP contribution in [-0.4, -0.2) is 12.6 Å². The van der Waals surface area contributed by atoms with Gasteiger partial charge < -0.3 is 4.74 Å². The fourth-order valence-corrected chi connectivity index (χ4v) is 1.44. The van der Waals surface area contributed by atoms with Gasteiger partial charge in [-0.05, 0) is 58.4 Å². The van der Waals surface area contributed by atoms with Crippen molar-refractivity contribution < 1.29 is 9.53 Å². The van der Waals surface area contributed by atoms with Gasteiger partial charge in [0.15, 0.2) is 0 Å². The fourth-order valence-electron chi connectivity index (χ4n) is 1.44. The van der Waals surface area contributed by atoms with Gasteiger partial charge in [-0.3, -0.25) is 0 Å². The summed E-state index contributed by atoms with van der Waals surface area (Å²) in [7, 11) is 0. The average molecular weight is 304 g/mol. The van der Waals surface area contributed by atoms with Crippen LogP contribution in [0.4, 0.5) is 0 Å². The molecule has 0 fully saturated rings. The zero-order valence-corrected chi connectivity index (χ0v) is 15.8. The minimum atomic E-state index is -0.273. The first-order valence-electron chi connectivity index (χ1n) is 8.14. The molecule has 124 valence electrons. The maximum Gasteiger partial charge on any atom is 0.338 e. The Morgan fingerprint density at radius 1 is 1.14 bits per heavy atom. The topological polar surface area (TPSA) is 26.3 Å². The van der Waals surface area contributed by atoms with E-state index in [4.69, 9.17) is 4.74 Å². The fraction of sp³-hybridized carbons (Fsp3) is 0.550. The van der Waals surface area contributed by atoms with Crippen LogP contribution >= 0.6 is 0 Å². The first-order chi connectivity index (χ1) is 10.3. The molecule has 1 rings (SSSR count). The Bertz CT molecular complexity index is 497. The van der Waals surface area contributed by atoms with E-state index in [9.17, 15) is 4.79 Å². The highest BCUT2D eigenvalue weighted by Gasteiger charge is 2.10. The summed E-state index contributed by atoms with van der Waals surface area (Å²) < 4.78 is 4.99. The van der Waals surface area contributed by atoms with E-state index in [1.54, 1.807) is 13.0 Å². The number of aryl methyl sites for hydroxylation is 1. The van der Waals surface area contributed by atoms with Crippen molar-refractivity contribution in [1.82, 2.24) is 0 Å². The molecule has 0 spiro atoms. The van der Waals surface area contributed by atoms with E-state index in [-0.39, 0.29) is 11.4 Å². The summed E-state index contributed by atoms with van der Waals surface area (Å²) in [6.07, 6.45) is 0. The van der Waals surface area contributed by atoms with Gasteiger partial charge in [-0.1, -0.05) is 39.5 Å². The van der Waals surface area contributed by atoms with E-state index in [1.807, 2.05) is 46.8 Å². The van der Waals surface area contributed by atoms with Crippen LogP contribution in [0.25, 0.3) is 0 Å². The van der Waals surface area contributed by atoms with Gasteiger partial charge in [0.05, 0.1) is 12.2 Å². The van der Waals surface area contributed by atoms with Crippen LogP contribution in [0.2, 0.25) is 0 Å². The largest absolute Gasteiger partial charge is 0.462 e. The summed E-state index contributed by atoms with van der Waals surface area (Å²) in [5.74, 6) is 6.02. The smallest absolute Gasteiger partial charge is 0.338 e. The second-order valence-corrected chi connectivity index (χ2v) is 5.25. The van der Waals surface area contributed by atoms with Crippen LogP contribution < -0.4 is 0 Å². The molecule has 0 saturated carbocycles. The average Bonchev–Trinajstić information content (AvgIpc) is 2.49. The SMILES string of the molecule is CC.CC.CCOC(=O)c1ccc(C#CC(C)(C)C)cc1C. The summed E-state index contributed by atoms with van der Waals surface area (Å²) in [6.45, 7) is 18.3. The molecule has 22 heavy (non-hydrogen) atoms. The highest BCUT2D eigenvalue weighted by molar-refractivity contribution is 5.91. The molecule has 0 aliphatic heterocycles. The highest BCUT2D eigenvalue weighted by Crippen LogP contribution is 2.14. The molecule has 0 amide bonds. The van der Waals surface area contributed by atoms with E-state index in [1.165, 1.54) is 0 Å². The van der Waals surface area contributed by atoms with E-state index < -0.39 is 0 Å². The van der Waals surface area contributed by atoms with Crippen molar-refractivity contribution in [2.45, 2.75) is 62.3 Å². The summed E-state index contributed by atoms with van der Waals surface area (Å²) in [5, 5.41) is 0. The first kappa shape index (κ1) is 22.5. The minimum absolute atomic E-state index is 0.0201. The second-order valence-electron chi connectivity index (χ2n) is 5.25. The van der Waals surface area contributed by atoms with Crippen LogP contribution in [0.3, 0.4) is 0 Å². The molecule has 0 aliphatic rings. The predicted octanol–water partition coefficient (Wildman–Crippen LogP) is 5.62. The van der Waals surface area contributed by atoms with E-state index >= 15 is 0 Å². The Morgan fingerprint density at radius 3 is 2.09 bits per heavy atom. The zero-order chi connectivity index (χ0) is 17.8. The molecule has 0 aromatic heterocycles. The van der Waals surface area contributed by atoms with E-state index in [0.29, 0.717) is 12.2 Å². The van der Waals surface area contributed by atoms with Crippen molar-refractivity contribution >= 4 is 5.97 Å². The molecule has 0 atom stereocenters. The van der Waals surface area contributed by atoms with Gasteiger partial charge in [-0.25, -0.2) is 4.79 Å². The number of esters is 1. The van der Waals surface area contributed by atoms with Gasteiger partial charge >= 0.3 is 5.97 Å². The van der Waals surface area contributed by atoms with Crippen molar-refractivity contribution in [3.05, 3.63) is 34.9 Å². The molecule has 2 heteroatoms. The number of carbonyl (C=O) groups is 1. The molecule has 0 bridgehead atoms. The van der Waals surface area contributed by atoms with Crippen molar-refractivity contribution in [3.63, 3.8) is 0 Å². The molecule has 0 heterocycles. The number of hydrogen-bond acceptors (Lipinski definition) is 2. The van der Waals surface area contributed by atoms with Crippen LogP contribution in [-0.2, 0) is 4.74 Å². The van der Waals surface area contributed by atoms with Crippen molar-refractivity contribution in [3.8, 4) is 11.8 Å². The molecule has 0 N–H and O–H groups in total. The van der Waals surface area contributed by atoms with Crippen molar-refractivity contribution in [2.75, 3.05) is 6.61 Å². The maximum atomic E-state index is 11.6. The van der Waals surface area contributed by atoms with Gasteiger partial charge in [0, 0.05) is 11.0 Å². The standard InChI is InChI=1S/C16H20O2.2C2H6/c1-6-18-15(17)14-8-7-13(11-12(14)2)9-10-16(3,4)5;2*1-2/h7-8,11H,6H2,1-5H3;2*1-2H3. The molecular formula is C20H32O2. The Labute approximate surface area is 137 Å². The van der Waals surface area contributed by atoms with Crippen molar-refractivity contribution in [1.29, 1.82) is 0 Å². The van der Waals surface area contributed by atoms with E-state index in [0.717, 1.165) is 11.1 Å². The Kier molecular flexibility index (Phi) is 12.1. The molecule has 1 aromatic rings. The number of rotatable bonds is 2. The maximum absolute atomic E-state index is 11.6. The molecule has 0 aliphatic carbocycles. The van der Waals surface area contributed by atoms with Crippen LogP contribution in [0.5, 0.6) is 0 Å². The second kappa shape index (κ2) is 11.9. The molecule has 0 unspecified atom stereocenters. The Hall–Kier alpha value is -1.75. The lowest BCUT2D eigenvalue weighted by molar-refractivity contribution is 0.0525. The molecule has 0 saturated heterocycles. The Balaban J connectivity index is 0. The van der Waals surface area contributed by atoms with E-state index in [2.05, 4.69) is 32.6 Å². The lowest BCUT2D eigenvalue weighted by Crippen LogP contribution is -2.06. The third-order valence-corrected chi connectivity index (χ3v) is 2.30. The molecule has 1 aromatic carbocycles. The third-order valence-electron chi connectivity index (χ3n) is 2.30. The summed E-state index contributed by atoms with van der Waals surface area (Å²) in [5.41, 5.74) is 2.41. The zero-order valence-electron chi connectivity index (χ0n) is 15.8. The van der Waals surface area contributed by atoms with Gasteiger partial charge in [-0.2, -0.15) is 0 Å². The number of carbonyl (C=O) groups excluding carboxylic acids is 1. The quantitative estimate of drug-likeness (QED) is 0.523. The normalized spacial score (nSPS) is 9.14. The monoisotopic (exact) mass is 304 g/mol. The third kappa shape index (κ3) is 9.23. The van der Waals surface area contributed by atoms with Gasteiger partial charge in [0.25, 0.3) is 0 Å². The van der Waals surface area contributed by atoms with Crippen LogP contribution in [0.1, 0.15) is 76.9 Å². The summed E-state index contributed by atoms with van der Waals surface area (Å²) in [4.78, 5) is 11.6. The lowest BCUT2D eigenvalue weighted by atomic mass is 9.97. The number of benzene rings is 1. The number of ether oxygens (including phenoxy) is 1. The van der Waals surface area contributed by atoms with Crippen molar-refractivity contribution in [2.24, 2.45) is 5.41 Å². The van der Waals surface area contributed by atoms with Crippen LogP contribution in [0.15, 0.2) is 18.2 Å². The molecule has 0 radical (unpaired) electrons. The van der Waals surface area contributed by atoms with Gasteiger partial charge in [-0.15, -0.1) is 0 Å². The summed E-state index contributed by atoms with van der Waals surface area (Å²) in [6, 6.07) is 5.56. The van der Waals surface area contributed by atoms with Crippen LogP contribution in [0, 0.1) is 24.2 Å². The van der Waals surface area contributed by atoms with Gasteiger partial charge in [0.2, 0.25) is 0 Å². The number of hydrogen-bond donors (Lipinski definition) is 0. The summed E-state index contributed by atoms with van der Waals surface area (Å²) >= 11 is 0. The highest BCUT2D eigenvalue weighted by atomic mass is 16.5. The molecular weight excluding hydrogens is 272 g/mol. The van der Waals surface area contributed by atoms with Gasteiger partial charge in [0.1, 0.15) is 0 Å². The first-order valence-corrected chi connectivity index (χ1v) is 8.14. The minimum Gasteiger partial charge on any atom is -0.462 e. The lowest BCUT2D eigenvalue weighted by Gasteiger charge is -2.08.